The van der Waals surface area contributed by atoms with Crippen molar-refractivity contribution in [2.75, 3.05) is 0 Å². The first kappa shape index (κ1) is 14.1. The molecule has 0 spiro atoms. The molecule has 0 fully saturated rings. The molecule has 0 amide bonds. The zero-order valence-corrected chi connectivity index (χ0v) is 12.4. The summed E-state index contributed by atoms with van der Waals surface area (Å²) < 4.78 is 13.7. The van der Waals surface area contributed by atoms with Crippen molar-refractivity contribution in [1.82, 2.24) is 10.3 Å². The van der Waals surface area contributed by atoms with E-state index in [1.165, 1.54) is 6.07 Å². The van der Waals surface area contributed by atoms with Crippen LogP contribution in [0.5, 0.6) is 0 Å². The van der Waals surface area contributed by atoms with Gasteiger partial charge in [0.15, 0.2) is 0 Å². The van der Waals surface area contributed by atoms with Crippen LogP contribution in [0.15, 0.2) is 48.7 Å². The number of H-pyrrole nitrogens is 1. The highest BCUT2D eigenvalue weighted by Crippen LogP contribution is 2.23. The molecule has 2 N–H and O–H groups in total. The van der Waals surface area contributed by atoms with Crippen molar-refractivity contribution in [3.05, 3.63) is 70.6 Å². The predicted octanol–water partition coefficient (Wildman–Crippen LogP) is 4.81. The molecular formula is C17H16ClFN2. The van der Waals surface area contributed by atoms with Crippen molar-refractivity contribution < 1.29 is 4.39 Å². The Kier molecular flexibility index (Phi) is 3.95. The number of rotatable bonds is 4. The first-order chi connectivity index (χ1) is 10.1. The molecule has 108 valence electrons. The molecule has 0 bridgehead atoms. The van der Waals surface area contributed by atoms with Crippen molar-refractivity contribution in [3.8, 4) is 0 Å². The van der Waals surface area contributed by atoms with E-state index in [9.17, 15) is 4.39 Å². The van der Waals surface area contributed by atoms with Crippen LogP contribution >= 0.6 is 11.6 Å². The molecule has 0 saturated carbocycles. The Labute approximate surface area is 127 Å². The van der Waals surface area contributed by atoms with Crippen LogP contribution in [0.2, 0.25) is 5.02 Å². The van der Waals surface area contributed by atoms with Crippen LogP contribution in [-0.2, 0) is 6.54 Å². The molecule has 0 aliphatic carbocycles. The number of aromatic amines is 1. The number of benzene rings is 2. The number of nitrogens with one attached hydrogen (secondary N) is 2. The quantitative estimate of drug-likeness (QED) is 0.711. The second-order valence-electron chi connectivity index (χ2n) is 5.13. The molecule has 0 radical (unpaired) electrons. The summed E-state index contributed by atoms with van der Waals surface area (Å²) in [6.45, 7) is 2.63. The summed E-state index contributed by atoms with van der Waals surface area (Å²) in [6, 6.07) is 12.6. The molecule has 1 heterocycles. The molecule has 1 aromatic heterocycles. The first-order valence-corrected chi connectivity index (χ1v) is 7.26. The highest BCUT2D eigenvalue weighted by molar-refractivity contribution is 6.31. The number of hydrogen-bond donors (Lipinski definition) is 2. The summed E-state index contributed by atoms with van der Waals surface area (Å²) in [6.07, 6.45) is 1.96. The van der Waals surface area contributed by atoms with E-state index in [0.29, 0.717) is 17.1 Å². The Morgan fingerprint density at radius 1 is 1.24 bits per heavy atom. The highest BCUT2D eigenvalue weighted by Gasteiger charge is 2.11. The van der Waals surface area contributed by atoms with Gasteiger partial charge in [-0.05, 0) is 30.7 Å². The van der Waals surface area contributed by atoms with E-state index in [0.717, 1.165) is 16.5 Å². The Morgan fingerprint density at radius 3 is 2.86 bits per heavy atom. The fourth-order valence-electron chi connectivity index (χ4n) is 2.50. The maximum absolute atomic E-state index is 13.7. The van der Waals surface area contributed by atoms with Gasteiger partial charge in [-0.3, -0.25) is 0 Å². The average molecular weight is 303 g/mol. The lowest BCUT2D eigenvalue weighted by Crippen LogP contribution is -2.18. The third kappa shape index (κ3) is 2.94. The van der Waals surface area contributed by atoms with Crippen LogP contribution in [0.4, 0.5) is 4.39 Å². The summed E-state index contributed by atoms with van der Waals surface area (Å²) in [4.78, 5) is 3.21. The van der Waals surface area contributed by atoms with Crippen molar-refractivity contribution in [2.45, 2.75) is 19.5 Å². The Bertz CT molecular complexity index is 766. The molecule has 0 aliphatic heterocycles. The van der Waals surface area contributed by atoms with Crippen LogP contribution in [0.1, 0.15) is 24.1 Å². The lowest BCUT2D eigenvalue weighted by molar-refractivity contribution is 0.529. The van der Waals surface area contributed by atoms with E-state index < -0.39 is 0 Å². The minimum atomic E-state index is -0.178. The summed E-state index contributed by atoms with van der Waals surface area (Å²) in [5.41, 5.74) is 2.84. The molecule has 3 aromatic rings. The summed E-state index contributed by atoms with van der Waals surface area (Å²) >= 11 is 5.98. The molecule has 3 rings (SSSR count). The molecule has 0 saturated heterocycles. The summed E-state index contributed by atoms with van der Waals surface area (Å²) in [7, 11) is 0. The largest absolute Gasteiger partial charge is 0.361 e. The second kappa shape index (κ2) is 5.88. The van der Waals surface area contributed by atoms with E-state index in [2.05, 4.69) is 10.3 Å². The van der Waals surface area contributed by atoms with Crippen molar-refractivity contribution in [1.29, 1.82) is 0 Å². The third-order valence-corrected chi connectivity index (χ3v) is 3.93. The summed E-state index contributed by atoms with van der Waals surface area (Å²) in [5.74, 6) is -0.178. The van der Waals surface area contributed by atoms with Gasteiger partial charge in [-0.15, -0.1) is 0 Å². The van der Waals surface area contributed by atoms with Crippen molar-refractivity contribution in [3.63, 3.8) is 0 Å². The van der Waals surface area contributed by atoms with E-state index in [1.54, 1.807) is 6.07 Å². The Balaban J connectivity index is 1.76. The number of aromatic nitrogens is 1. The summed E-state index contributed by atoms with van der Waals surface area (Å²) in [5, 5.41) is 5.20. The normalized spacial score (nSPS) is 12.7. The number of hydrogen-bond acceptors (Lipinski definition) is 1. The molecule has 2 nitrogen and oxygen atoms in total. The van der Waals surface area contributed by atoms with Crippen molar-refractivity contribution in [2.24, 2.45) is 0 Å². The molecule has 0 unspecified atom stereocenters. The van der Waals surface area contributed by atoms with Gasteiger partial charge in [-0.1, -0.05) is 35.9 Å². The van der Waals surface area contributed by atoms with E-state index in [1.807, 2.05) is 43.5 Å². The Hall–Kier alpha value is -1.84. The lowest BCUT2D eigenvalue weighted by Gasteiger charge is -2.14. The van der Waals surface area contributed by atoms with Crippen molar-refractivity contribution >= 4 is 22.5 Å². The van der Waals surface area contributed by atoms with Gasteiger partial charge in [-0.2, -0.15) is 0 Å². The van der Waals surface area contributed by atoms with Crippen LogP contribution in [0, 0.1) is 5.82 Å². The van der Waals surface area contributed by atoms with Gasteiger partial charge < -0.3 is 10.3 Å². The number of fused-ring (bicyclic) bond motifs is 1. The minimum Gasteiger partial charge on any atom is -0.361 e. The van der Waals surface area contributed by atoms with Crippen LogP contribution in [0.25, 0.3) is 10.9 Å². The maximum Gasteiger partial charge on any atom is 0.127 e. The molecule has 0 aliphatic rings. The predicted molar refractivity (Wildman–Crippen MR) is 85.0 cm³/mol. The standard InChI is InChI=1S/C17H16ClFN2/c1-11(14-4-2-3-5-16(14)19)20-9-12-10-21-17-8-13(18)6-7-15(12)17/h2-8,10-11,20-21H,9H2,1H3/t11-/m1/s1. The monoisotopic (exact) mass is 302 g/mol. The van der Waals surface area contributed by atoms with Crippen LogP contribution in [-0.4, -0.2) is 4.98 Å². The van der Waals surface area contributed by atoms with Gasteiger partial charge in [0.05, 0.1) is 0 Å². The van der Waals surface area contributed by atoms with Crippen LogP contribution < -0.4 is 5.32 Å². The second-order valence-corrected chi connectivity index (χ2v) is 5.56. The minimum absolute atomic E-state index is 0.0524. The Morgan fingerprint density at radius 2 is 2.05 bits per heavy atom. The van der Waals surface area contributed by atoms with Gasteiger partial charge in [0.25, 0.3) is 0 Å². The molecule has 4 heteroatoms. The van der Waals surface area contributed by atoms with Gasteiger partial charge in [0.2, 0.25) is 0 Å². The highest BCUT2D eigenvalue weighted by atomic mass is 35.5. The molecule has 21 heavy (non-hydrogen) atoms. The van der Waals surface area contributed by atoms with Crippen LogP contribution in [0.3, 0.4) is 0 Å². The maximum atomic E-state index is 13.7. The molecule has 2 aromatic carbocycles. The SMILES string of the molecule is C[C@@H](NCc1c[nH]c2cc(Cl)ccc12)c1ccccc1F. The van der Waals surface area contributed by atoms with E-state index >= 15 is 0 Å². The molecular weight excluding hydrogens is 287 g/mol. The number of halogens is 2. The average Bonchev–Trinajstić information content (AvgIpc) is 2.87. The fourth-order valence-corrected chi connectivity index (χ4v) is 2.68. The smallest absolute Gasteiger partial charge is 0.127 e. The molecule has 1 atom stereocenters. The zero-order chi connectivity index (χ0) is 14.8. The topological polar surface area (TPSA) is 27.8 Å². The van der Waals surface area contributed by atoms with Gasteiger partial charge in [0, 0.05) is 40.3 Å². The first-order valence-electron chi connectivity index (χ1n) is 6.88. The van der Waals surface area contributed by atoms with E-state index in [-0.39, 0.29) is 11.9 Å². The van der Waals surface area contributed by atoms with E-state index in [4.69, 9.17) is 11.6 Å². The zero-order valence-electron chi connectivity index (χ0n) is 11.7. The van der Waals surface area contributed by atoms with Gasteiger partial charge in [-0.25, -0.2) is 4.39 Å². The fraction of sp³-hybridized carbons (Fsp3) is 0.176. The van der Waals surface area contributed by atoms with Gasteiger partial charge >= 0.3 is 0 Å². The third-order valence-electron chi connectivity index (χ3n) is 3.70. The lowest BCUT2D eigenvalue weighted by atomic mass is 10.1. The van der Waals surface area contributed by atoms with Gasteiger partial charge in [0.1, 0.15) is 5.82 Å².